The van der Waals surface area contributed by atoms with E-state index >= 15 is 0 Å². The van der Waals surface area contributed by atoms with Crippen molar-refractivity contribution < 1.29 is 8.78 Å². The van der Waals surface area contributed by atoms with Gasteiger partial charge in [0, 0.05) is 18.2 Å². The Balaban J connectivity index is 2.09. The van der Waals surface area contributed by atoms with Gasteiger partial charge in [0.15, 0.2) is 0 Å². The topological polar surface area (TPSA) is 29.9 Å². The van der Waals surface area contributed by atoms with E-state index in [4.69, 9.17) is 0 Å². The fourth-order valence-electron chi connectivity index (χ4n) is 2.22. The van der Waals surface area contributed by atoms with E-state index in [1.54, 1.807) is 10.9 Å². The van der Waals surface area contributed by atoms with Gasteiger partial charge >= 0.3 is 0 Å². The SMILES string of the molecule is Fc1ccc(F)c(C2CCNc3ccnn32)c1. The first-order valence-corrected chi connectivity index (χ1v) is 5.48. The lowest BCUT2D eigenvalue weighted by Gasteiger charge is -2.26. The minimum Gasteiger partial charge on any atom is -0.370 e. The molecule has 0 aliphatic carbocycles. The quantitative estimate of drug-likeness (QED) is 0.823. The van der Waals surface area contributed by atoms with Crippen LogP contribution in [0, 0.1) is 11.6 Å². The zero-order valence-corrected chi connectivity index (χ0v) is 9.03. The number of rotatable bonds is 1. The number of nitrogens with zero attached hydrogens (tertiary/aromatic N) is 2. The van der Waals surface area contributed by atoms with Crippen LogP contribution in [0.25, 0.3) is 0 Å². The monoisotopic (exact) mass is 235 g/mol. The van der Waals surface area contributed by atoms with Gasteiger partial charge in [-0.3, -0.25) is 0 Å². The van der Waals surface area contributed by atoms with Gasteiger partial charge in [-0.25, -0.2) is 13.5 Å². The van der Waals surface area contributed by atoms with Crippen LogP contribution in [0.4, 0.5) is 14.6 Å². The zero-order valence-electron chi connectivity index (χ0n) is 9.03. The minimum atomic E-state index is -0.423. The number of aromatic nitrogens is 2. The van der Waals surface area contributed by atoms with E-state index in [1.165, 1.54) is 6.07 Å². The predicted molar refractivity (Wildman–Crippen MR) is 59.8 cm³/mol. The Morgan fingerprint density at radius 1 is 1.29 bits per heavy atom. The first-order chi connectivity index (χ1) is 8.25. The van der Waals surface area contributed by atoms with Crippen LogP contribution in [0.15, 0.2) is 30.5 Å². The second-order valence-corrected chi connectivity index (χ2v) is 4.06. The third-order valence-corrected chi connectivity index (χ3v) is 3.01. The summed E-state index contributed by atoms with van der Waals surface area (Å²) in [4.78, 5) is 0. The lowest BCUT2D eigenvalue weighted by atomic mass is 10.0. The molecular weight excluding hydrogens is 224 g/mol. The Kier molecular flexibility index (Phi) is 2.31. The number of hydrogen-bond donors (Lipinski definition) is 1. The molecule has 1 N–H and O–H groups in total. The highest BCUT2D eigenvalue weighted by Crippen LogP contribution is 2.30. The summed E-state index contributed by atoms with van der Waals surface area (Å²) in [7, 11) is 0. The van der Waals surface area contributed by atoms with Crippen LogP contribution in [0.3, 0.4) is 0 Å². The average Bonchev–Trinajstić information content (AvgIpc) is 2.80. The number of fused-ring (bicyclic) bond motifs is 1. The highest BCUT2D eigenvalue weighted by Gasteiger charge is 2.24. The van der Waals surface area contributed by atoms with E-state index in [9.17, 15) is 8.78 Å². The van der Waals surface area contributed by atoms with Crippen molar-refractivity contribution in [3.63, 3.8) is 0 Å². The molecule has 3 rings (SSSR count). The Morgan fingerprint density at radius 2 is 2.18 bits per heavy atom. The van der Waals surface area contributed by atoms with Gasteiger partial charge in [0.1, 0.15) is 17.5 Å². The fraction of sp³-hybridized carbons (Fsp3) is 0.250. The Hall–Kier alpha value is -1.91. The molecule has 1 aliphatic rings. The van der Waals surface area contributed by atoms with Crippen molar-refractivity contribution in [2.45, 2.75) is 12.5 Å². The summed E-state index contributed by atoms with van der Waals surface area (Å²) < 4.78 is 28.6. The molecule has 0 amide bonds. The van der Waals surface area contributed by atoms with Crippen LogP contribution in [0.5, 0.6) is 0 Å². The second-order valence-electron chi connectivity index (χ2n) is 4.06. The Bertz CT molecular complexity index is 550. The van der Waals surface area contributed by atoms with E-state index in [2.05, 4.69) is 10.4 Å². The van der Waals surface area contributed by atoms with Crippen molar-refractivity contribution >= 4 is 5.82 Å². The molecule has 0 fully saturated rings. The van der Waals surface area contributed by atoms with E-state index in [1.807, 2.05) is 6.07 Å². The van der Waals surface area contributed by atoms with Crippen molar-refractivity contribution in [3.05, 3.63) is 47.7 Å². The predicted octanol–water partition coefficient (Wildman–Crippen LogP) is 2.57. The number of benzene rings is 1. The maximum atomic E-state index is 13.7. The lowest BCUT2D eigenvalue weighted by Crippen LogP contribution is -2.25. The molecular formula is C12H11F2N3. The van der Waals surface area contributed by atoms with Crippen LogP contribution >= 0.6 is 0 Å². The van der Waals surface area contributed by atoms with Crippen LogP contribution in [-0.2, 0) is 0 Å². The first-order valence-electron chi connectivity index (χ1n) is 5.48. The van der Waals surface area contributed by atoms with Gasteiger partial charge < -0.3 is 5.32 Å². The fourth-order valence-corrected chi connectivity index (χ4v) is 2.22. The zero-order chi connectivity index (χ0) is 11.8. The van der Waals surface area contributed by atoms with Gasteiger partial charge in [-0.15, -0.1) is 0 Å². The average molecular weight is 235 g/mol. The maximum Gasteiger partial charge on any atom is 0.128 e. The summed E-state index contributed by atoms with van der Waals surface area (Å²) >= 11 is 0. The normalized spacial score (nSPS) is 18.6. The van der Waals surface area contributed by atoms with E-state index in [-0.39, 0.29) is 11.9 Å². The van der Waals surface area contributed by atoms with Gasteiger partial charge in [0.05, 0.1) is 12.2 Å². The molecule has 0 bridgehead atoms. The van der Waals surface area contributed by atoms with Crippen molar-refractivity contribution in [1.82, 2.24) is 9.78 Å². The second kappa shape index (κ2) is 3.84. The number of hydrogen-bond acceptors (Lipinski definition) is 2. The molecule has 1 aliphatic heterocycles. The van der Waals surface area contributed by atoms with Crippen LogP contribution < -0.4 is 5.32 Å². The molecule has 0 saturated heterocycles. The Morgan fingerprint density at radius 3 is 3.06 bits per heavy atom. The van der Waals surface area contributed by atoms with Crippen LogP contribution in [0.1, 0.15) is 18.0 Å². The van der Waals surface area contributed by atoms with Crippen molar-refractivity contribution in [2.24, 2.45) is 0 Å². The van der Waals surface area contributed by atoms with E-state index in [0.29, 0.717) is 12.0 Å². The number of anilines is 1. The molecule has 0 radical (unpaired) electrons. The lowest BCUT2D eigenvalue weighted by molar-refractivity contribution is 0.454. The van der Waals surface area contributed by atoms with Gasteiger partial charge in [-0.2, -0.15) is 5.10 Å². The highest BCUT2D eigenvalue weighted by atomic mass is 19.1. The molecule has 0 spiro atoms. The molecule has 2 aromatic rings. The molecule has 1 atom stereocenters. The minimum absolute atomic E-state index is 0.239. The Labute approximate surface area is 97.1 Å². The summed E-state index contributed by atoms with van der Waals surface area (Å²) in [6.07, 6.45) is 2.34. The summed E-state index contributed by atoms with van der Waals surface area (Å²) in [6, 6.07) is 5.12. The molecule has 2 heterocycles. The molecule has 88 valence electrons. The smallest absolute Gasteiger partial charge is 0.128 e. The third kappa shape index (κ3) is 1.67. The van der Waals surface area contributed by atoms with Crippen LogP contribution in [-0.4, -0.2) is 16.3 Å². The molecule has 1 unspecified atom stereocenters. The van der Waals surface area contributed by atoms with Gasteiger partial charge in [-0.1, -0.05) is 0 Å². The van der Waals surface area contributed by atoms with E-state index < -0.39 is 5.82 Å². The number of halogens is 2. The molecule has 1 aromatic heterocycles. The third-order valence-electron chi connectivity index (χ3n) is 3.01. The molecule has 17 heavy (non-hydrogen) atoms. The standard InChI is InChI=1S/C12H11F2N3/c13-8-1-2-10(14)9(7-8)11-3-5-15-12-4-6-16-17(11)12/h1-2,4,6-7,11,15H,3,5H2. The summed E-state index contributed by atoms with van der Waals surface area (Å²) in [5.41, 5.74) is 0.358. The first kappa shape index (κ1) is 10.3. The van der Waals surface area contributed by atoms with Gasteiger partial charge in [0.2, 0.25) is 0 Å². The van der Waals surface area contributed by atoms with Crippen molar-refractivity contribution in [3.8, 4) is 0 Å². The summed E-state index contributed by atoms with van der Waals surface area (Å²) in [6.45, 7) is 0.728. The summed E-state index contributed by atoms with van der Waals surface area (Å²) in [5, 5.41) is 7.31. The largest absolute Gasteiger partial charge is 0.370 e. The van der Waals surface area contributed by atoms with Crippen molar-refractivity contribution in [2.75, 3.05) is 11.9 Å². The van der Waals surface area contributed by atoms with Gasteiger partial charge in [-0.05, 0) is 24.6 Å². The molecule has 3 nitrogen and oxygen atoms in total. The van der Waals surface area contributed by atoms with E-state index in [0.717, 1.165) is 24.5 Å². The molecule has 5 heteroatoms. The highest BCUT2D eigenvalue weighted by molar-refractivity contribution is 5.39. The summed E-state index contributed by atoms with van der Waals surface area (Å²) in [5.74, 6) is 0.0262. The van der Waals surface area contributed by atoms with Gasteiger partial charge in [0.25, 0.3) is 0 Å². The molecule has 0 saturated carbocycles. The number of nitrogens with one attached hydrogen (secondary N) is 1. The van der Waals surface area contributed by atoms with Crippen molar-refractivity contribution in [1.29, 1.82) is 0 Å². The van der Waals surface area contributed by atoms with Crippen LogP contribution in [0.2, 0.25) is 0 Å². The molecule has 1 aromatic carbocycles. The maximum absolute atomic E-state index is 13.7.